The summed E-state index contributed by atoms with van der Waals surface area (Å²) in [5.74, 6) is 0.543. The van der Waals surface area contributed by atoms with E-state index >= 15 is 0 Å². The van der Waals surface area contributed by atoms with Crippen molar-refractivity contribution in [1.29, 1.82) is 0 Å². The van der Waals surface area contributed by atoms with E-state index in [2.05, 4.69) is 10.3 Å². The van der Waals surface area contributed by atoms with Gasteiger partial charge in [-0.15, -0.1) is 0 Å². The van der Waals surface area contributed by atoms with Crippen LogP contribution in [0.1, 0.15) is 28.7 Å². The average molecular weight is 487 g/mol. The molecule has 3 heterocycles. The molecule has 1 N–H and O–H groups in total. The first-order valence-electron chi connectivity index (χ1n) is 11.6. The lowest BCUT2D eigenvalue weighted by Crippen LogP contribution is -2.63. The number of imidazole rings is 1. The summed E-state index contributed by atoms with van der Waals surface area (Å²) in [7, 11) is 0. The Hall–Kier alpha value is -4.40. The molecule has 3 aromatic carbocycles. The number of rotatable bonds is 5. The van der Waals surface area contributed by atoms with E-state index in [1.54, 1.807) is 30.0 Å². The molecule has 0 bridgehead atoms. The first-order valence-corrected chi connectivity index (χ1v) is 11.6. The van der Waals surface area contributed by atoms with E-state index < -0.39 is 5.54 Å². The molecule has 0 fully saturated rings. The van der Waals surface area contributed by atoms with Gasteiger partial charge in [-0.1, -0.05) is 30.3 Å². The third-order valence-corrected chi connectivity index (χ3v) is 6.79. The minimum absolute atomic E-state index is 0.148. The fourth-order valence-electron chi connectivity index (χ4n) is 4.77. The molecule has 6 rings (SSSR count). The molecule has 0 radical (unpaired) electrons. The summed E-state index contributed by atoms with van der Waals surface area (Å²) in [4.78, 5) is 33.7. The monoisotopic (exact) mass is 486 g/mol. The SMILES string of the molecule is CC1(C(=O)NCc2ccc(F)cc2)Cn2c(nc3ccccc32)C(=O)N1Cc1ccc2c(c1)OCO2. The number of nitrogens with zero attached hydrogens (tertiary/aromatic N) is 3. The highest BCUT2D eigenvalue weighted by atomic mass is 19.1. The third-order valence-electron chi connectivity index (χ3n) is 6.79. The van der Waals surface area contributed by atoms with Gasteiger partial charge in [-0.3, -0.25) is 9.59 Å². The van der Waals surface area contributed by atoms with E-state index in [0.717, 1.165) is 16.6 Å². The van der Waals surface area contributed by atoms with Gasteiger partial charge in [0.1, 0.15) is 11.4 Å². The molecule has 1 atom stereocenters. The van der Waals surface area contributed by atoms with E-state index in [-0.39, 0.29) is 44.1 Å². The van der Waals surface area contributed by atoms with Crippen LogP contribution in [0.4, 0.5) is 4.39 Å². The van der Waals surface area contributed by atoms with E-state index in [0.29, 0.717) is 22.8 Å². The lowest BCUT2D eigenvalue weighted by Gasteiger charge is -2.43. The van der Waals surface area contributed by atoms with Crippen molar-refractivity contribution in [2.24, 2.45) is 0 Å². The second-order valence-electron chi connectivity index (χ2n) is 9.17. The molecule has 1 unspecified atom stereocenters. The molecule has 9 heteroatoms. The molecule has 8 nitrogen and oxygen atoms in total. The van der Waals surface area contributed by atoms with Crippen LogP contribution in [0, 0.1) is 5.82 Å². The molecular weight excluding hydrogens is 463 g/mol. The van der Waals surface area contributed by atoms with Crippen molar-refractivity contribution in [3.8, 4) is 11.5 Å². The Balaban J connectivity index is 1.36. The average Bonchev–Trinajstić information content (AvgIpc) is 3.50. The Bertz CT molecular complexity index is 1500. The van der Waals surface area contributed by atoms with Gasteiger partial charge < -0.3 is 24.3 Å². The normalized spacial score (nSPS) is 18.4. The lowest BCUT2D eigenvalue weighted by molar-refractivity contribution is -0.133. The summed E-state index contributed by atoms with van der Waals surface area (Å²) in [5, 5.41) is 2.94. The standard InChI is InChI=1S/C27H23FN4O4/c1-27(26(34)29-13-17-6-9-19(28)10-7-17)15-31-21-5-3-2-4-20(21)30-24(31)25(33)32(27)14-18-8-11-22-23(12-18)36-16-35-22/h2-12H,13-16H2,1H3,(H,29,34). The van der Waals surface area contributed by atoms with Crippen LogP contribution < -0.4 is 14.8 Å². The Labute approximate surface area is 206 Å². The smallest absolute Gasteiger partial charge is 0.291 e. The highest BCUT2D eigenvalue weighted by Gasteiger charge is 2.48. The Morgan fingerprint density at radius 3 is 2.64 bits per heavy atom. The van der Waals surface area contributed by atoms with Crippen LogP contribution in [0.2, 0.25) is 0 Å². The summed E-state index contributed by atoms with van der Waals surface area (Å²) < 4.78 is 26.0. The number of fused-ring (bicyclic) bond motifs is 4. The van der Waals surface area contributed by atoms with Crippen molar-refractivity contribution in [2.45, 2.75) is 32.1 Å². The van der Waals surface area contributed by atoms with Crippen molar-refractivity contribution in [3.05, 3.63) is 89.5 Å². The molecule has 4 aromatic rings. The van der Waals surface area contributed by atoms with Crippen molar-refractivity contribution < 1.29 is 23.5 Å². The van der Waals surface area contributed by atoms with Crippen LogP contribution in [0.15, 0.2) is 66.7 Å². The zero-order valence-electron chi connectivity index (χ0n) is 19.5. The Morgan fingerprint density at radius 1 is 1.06 bits per heavy atom. The molecule has 1 aromatic heterocycles. The van der Waals surface area contributed by atoms with Gasteiger partial charge in [0.15, 0.2) is 17.3 Å². The number of para-hydroxylation sites is 2. The van der Waals surface area contributed by atoms with E-state index in [1.807, 2.05) is 41.0 Å². The van der Waals surface area contributed by atoms with Crippen LogP contribution in [0.25, 0.3) is 11.0 Å². The number of halogens is 1. The largest absolute Gasteiger partial charge is 0.454 e. The Kier molecular flexibility index (Phi) is 5.13. The van der Waals surface area contributed by atoms with Crippen LogP contribution in [0.5, 0.6) is 11.5 Å². The highest BCUT2D eigenvalue weighted by Crippen LogP contribution is 2.36. The topological polar surface area (TPSA) is 85.7 Å². The minimum atomic E-state index is -1.22. The molecule has 182 valence electrons. The lowest BCUT2D eigenvalue weighted by atomic mass is 9.94. The van der Waals surface area contributed by atoms with E-state index in [4.69, 9.17) is 9.47 Å². The number of carbonyl (C=O) groups is 2. The van der Waals surface area contributed by atoms with E-state index in [9.17, 15) is 14.0 Å². The summed E-state index contributed by atoms with van der Waals surface area (Å²) >= 11 is 0. The Morgan fingerprint density at radius 2 is 1.81 bits per heavy atom. The molecule has 0 spiro atoms. The predicted molar refractivity (Wildman–Crippen MR) is 129 cm³/mol. The summed E-state index contributed by atoms with van der Waals surface area (Å²) in [6.07, 6.45) is 0. The zero-order valence-corrected chi connectivity index (χ0v) is 19.5. The van der Waals surface area contributed by atoms with Gasteiger partial charge in [-0.05, 0) is 54.4 Å². The number of hydrogen-bond donors (Lipinski definition) is 1. The van der Waals surface area contributed by atoms with Crippen LogP contribution >= 0.6 is 0 Å². The summed E-state index contributed by atoms with van der Waals surface area (Å²) in [6, 6.07) is 18.9. The first-order chi connectivity index (χ1) is 17.4. The van der Waals surface area contributed by atoms with Gasteiger partial charge in [0.2, 0.25) is 12.7 Å². The van der Waals surface area contributed by atoms with Crippen LogP contribution in [-0.2, 0) is 24.4 Å². The minimum Gasteiger partial charge on any atom is -0.454 e. The number of ether oxygens (including phenoxy) is 2. The van der Waals surface area contributed by atoms with Crippen molar-refractivity contribution in [2.75, 3.05) is 6.79 Å². The number of amides is 2. The van der Waals surface area contributed by atoms with Crippen molar-refractivity contribution in [3.63, 3.8) is 0 Å². The summed E-state index contributed by atoms with van der Waals surface area (Å²) in [6.45, 7) is 2.52. The predicted octanol–water partition coefficient (Wildman–Crippen LogP) is 3.64. The van der Waals surface area contributed by atoms with Crippen molar-refractivity contribution >= 4 is 22.8 Å². The maximum atomic E-state index is 13.8. The zero-order chi connectivity index (χ0) is 24.9. The fraction of sp³-hybridized carbons (Fsp3) is 0.222. The van der Waals surface area contributed by atoms with Crippen LogP contribution in [0.3, 0.4) is 0 Å². The fourth-order valence-corrected chi connectivity index (χ4v) is 4.77. The van der Waals surface area contributed by atoms with E-state index in [1.165, 1.54) is 12.1 Å². The molecule has 0 saturated heterocycles. The maximum Gasteiger partial charge on any atom is 0.291 e. The molecule has 2 amide bonds. The van der Waals surface area contributed by atoms with Crippen LogP contribution in [-0.4, -0.2) is 38.6 Å². The number of benzene rings is 3. The van der Waals surface area contributed by atoms with Crippen molar-refractivity contribution in [1.82, 2.24) is 19.8 Å². The second kappa shape index (κ2) is 8.37. The number of aromatic nitrogens is 2. The van der Waals surface area contributed by atoms with Gasteiger partial charge in [0, 0.05) is 13.1 Å². The molecule has 36 heavy (non-hydrogen) atoms. The summed E-state index contributed by atoms with van der Waals surface area (Å²) in [5.41, 5.74) is 1.83. The number of nitrogens with one attached hydrogen (secondary N) is 1. The number of carbonyl (C=O) groups excluding carboxylic acids is 2. The maximum absolute atomic E-state index is 13.8. The molecule has 2 aliphatic rings. The van der Waals surface area contributed by atoms with Gasteiger partial charge in [0.05, 0.1) is 17.6 Å². The molecule has 2 aliphatic heterocycles. The molecule has 0 aliphatic carbocycles. The molecule has 0 saturated carbocycles. The van der Waals surface area contributed by atoms with Gasteiger partial charge >= 0.3 is 0 Å². The van der Waals surface area contributed by atoms with Gasteiger partial charge in [-0.25, -0.2) is 9.37 Å². The number of hydrogen-bond acceptors (Lipinski definition) is 5. The van der Waals surface area contributed by atoms with Gasteiger partial charge in [0.25, 0.3) is 5.91 Å². The quantitative estimate of drug-likeness (QED) is 0.466. The van der Waals surface area contributed by atoms with Gasteiger partial charge in [-0.2, -0.15) is 0 Å². The molecular formula is C27H23FN4O4. The second-order valence-corrected chi connectivity index (χ2v) is 9.17. The highest BCUT2D eigenvalue weighted by molar-refractivity contribution is 6.01. The third kappa shape index (κ3) is 3.64. The first kappa shape index (κ1) is 22.1.